The Morgan fingerprint density at radius 2 is 1.93 bits per heavy atom. The van der Waals surface area contributed by atoms with Crippen molar-refractivity contribution in [2.45, 2.75) is 13.8 Å². The number of hydrogen-bond donors (Lipinski definition) is 0. The summed E-state index contributed by atoms with van der Waals surface area (Å²) in [5.74, 6) is 0.976. The molecule has 0 radical (unpaired) electrons. The largest absolute Gasteiger partial charge is 0.378 e. The molecule has 0 aliphatic rings. The fourth-order valence-corrected chi connectivity index (χ4v) is 3.05. The minimum atomic E-state index is 0.976. The molecule has 2 aromatic heterocycles. The second-order valence-corrected chi connectivity index (χ2v) is 4.85. The van der Waals surface area contributed by atoms with Crippen molar-refractivity contribution in [2.75, 3.05) is 0 Å². The number of rotatable bonds is 0. The molecule has 15 heavy (non-hydrogen) atoms. The minimum Gasteiger partial charge on any atom is -0.211 e. The van der Waals surface area contributed by atoms with Gasteiger partial charge in [-0.05, 0) is 24.6 Å². The predicted octanol–water partition coefficient (Wildman–Crippen LogP) is 4.55. The maximum Gasteiger partial charge on any atom is 0.378 e. The van der Waals surface area contributed by atoms with Crippen molar-refractivity contribution in [1.82, 2.24) is 0 Å². The molecule has 1 nitrogen and oxygen atoms in total. The molecule has 2 heteroatoms. The fraction of sp³-hybridized carbons (Fsp3) is 0.154. The van der Waals surface area contributed by atoms with Gasteiger partial charge in [0, 0.05) is 10.8 Å². The van der Waals surface area contributed by atoms with Gasteiger partial charge in [-0.25, -0.2) is 4.42 Å². The van der Waals surface area contributed by atoms with E-state index in [-0.39, 0.29) is 0 Å². The number of fused-ring (bicyclic) bond motifs is 3. The first-order valence-corrected chi connectivity index (χ1v) is 5.79. The first kappa shape index (κ1) is 8.86. The highest BCUT2D eigenvalue weighted by Crippen LogP contribution is 2.36. The van der Waals surface area contributed by atoms with Gasteiger partial charge in [0.1, 0.15) is 4.70 Å². The van der Waals surface area contributed by atoms with E-state index in [1.54, 1.807) is 11.3 Å². The van der Waals surface area contributed by atoms with Crippen LogP contribution in [0.2, 0.25) is 0 Å². The predicted molar refractivity (Wildman–Crippen MR) is 65.5 cm³/mol. The lowest BCUT2D eigenvalue weighted by molar-refractivity contribution is 0.569. The van der Waals surface area contributed by atoms with E-state index in [4.69, 9.17) is 4.42 Å². The number of benzene rings is 1. The third-order valence-corrected chi connectivity index (χ3v) is 3.88. The van der Waals surface area contributed by atoms with E-state index in [1.165, 1.54) is 20.3 Å². The lowest BCUT2D eigenvalue weighted by Crippen LogP contribution is -1.76. The third kappa shape index (κ3) is 1.25. The van der Waals surface area contributed by atoms with Crippen LogP contribution in [0.1, 0.15) is 11.3 Å². The third-order valence-electron chi connectivity index (χ3n) is 2.59. The van der Waals surface area contributed by atoms with Crippen molar-refractivity contribution in [2.24, 2.45) is 0 Å². The maximum absolute atomic E-state index is 5.81. The van der Waals surface area contributed by atoms with Gasteiger partial charge in [-0.3, -0.25) is 0 Å². The monoisotopic (exact) mass is 215 g/mol. The van der Waals surface area contributed by atoms with Crippen LogP contribution in [0.3, 0.4) is 0 Å². The van der Waals surface area contributed by atoms with Gasteiger partial charge in [0.15, 0.2) is 0 Å². The summed E-state index contributed by atoms with van der Waals surface area (Å²) < 4.78 is 8.37. The highest BCUT2D eigenvalue weighted by Gasteiger charge is 2.18. The zero-order chi connectivity index (χ0) is 10.4. The smallest absolute Gasteiger partial charge is 0.211 e. The quantitative estimate of drug-likeness (QED) is 0.501. The van der Waals surface area contributed by atoms with E-state index in [0.717, 1.165) is 11.3 Å². The van der Waals surface area contributed by atoms with Crippen LogP contribution in [0.4, 0.5) is 0 Å². The average molecular weight is 215 g/mol. The molecule has 74 valence electrons. The molecular formula is C13H11OS+. The van der Waals surface area contributed by atoms with Crippen LogP contribution in [0.25, 0.3) is 20.4 Å². The van der Waals surface area contributed by atoms with E-state index in [2.05, 4.69) is 37.3 Å². The molecule has 0 saturated carbocycles. The SMILES string of the molecule is Cc1cc(C)c2sc3ccccc3c2[o+]1. The van der Waals surface area contributed by atoms with Crippen molar-refractivity contribution >= 4 is 31.7 Å². The Balaban J connectivity index is 2.61. The van der Waals surface area contributed by atoms with E-state index >= 15 is 0 Å². The molecule has 0 amide bonds. The van der Waals surface area contributed by atoms with Gasteiger partial charge in [-0.15, -0.1) is 11.3 Å². The van der Waals surface area contributed by atoms with Gasteiger partial charge in [-0.1, -0.05) is 12.1 Å². The van der Waals surface area contributed by atoms with Gasteiger partial charge < -0.3 is 0 Å². The second-order valence-electron chi connectivity index (χ2n) is 3.80. The standard InChI is InChI=1S/C13H11OS/c1-8-7-9(2)14-12-10-5-3-4-6-11(10)15-13(8)12/h3-7H,1-2H3/q+1. The van der Waals surface area contributed by atoms with Crippen molar-refractivity contribution in [1.29, 1.82) is 0 Å². The summed E-state index contributed by atoms with van der Waals surface area (Å²) in [5, 5.41) is 1.23. The van der Waals surface area contributed by atoms with E-state index in [9.17, 15) is 0 Å². The minimum absolute atomic E-state index is 0.976. The Morgan fingerprint density at radius 1 is 1.13 bits per heavy atom. The molecule has 0 spiro atoms. The Bertz CT molecular complexity index is 652. The highest BCUT2D eigenvalue weighted by atomic mass is 32.1. The molecule has 2 heterocycles. The van der Waals surface area contributed by atoms with Crippen LogP contribution in [0, 0.1) is 13.8 Å². The zero-order valence-corrected chi connectivity index (χ0v) is 9.52. The number of aryl methyl sites for hydroxylation is 2. The zero-order valence-electron chi connectivity index (χ0n) is 8.70. The Morgan fingerprint density at radius 3 is 2.80 bits per heavy atom. The molecule has 0 N–H and O–H groups in total. The van der Waals surface area contributed by atoms with Gasteiger partial charge in [0.05, 0.1) is 12.3 Å². The number of thiophene rings is 1. The molecule has 0 bridgehead atoms. The van der Waals surface area contributed by atoms with E-state index in [1.807, 2.05) is 6.92 Å². The lowest BCUT2D eigenvalue weighted by atomic mass is 10.2. The summed E-state index contributed by atoms with van der Waals surface area (Å²) in [6, 6.07) is 10.5. The lowest BCUT2D eigenvalue weighted by Gasteiger charge is -1.86. The van der Waals surface area contributed by atoms with Gasteiger partial charge in [-0.2, -0.15) is 0 Å². The molecule has 0 atom stereocenters. The molecule has 3 aromatic rings. The van der Waals surface area contributed by atoms with Crippen molar-refractivity contribution < 1.29 is 4.42 Å². The topological polar surface area (TPSA) is 11.3 Å². The van der Waals surface area contributed by atoms with Crippen LogP contribution < -0.4 is 0 Å². The summed E-state index contributed by atoms with van der Waals surface area (Å²) in [6.45, 7) is 4.14. The van der Waals surface area contributed by atoms with Crippen molar-refractivity contribution in [3.05, 3.63) is 41.7 Å². The normalized spacial score (nSPS) is 11.3. The summed E-state index contributed by atoms with van der Waals surface area (Å²) in [7, 11) is 0. The molecule has 0 aliphatic carbocycles. The first-order chi connectivity index (χ1) is 7.25. The van der Waals surface area contributed by atoms with Gasteiger partial charge in [0.2, 0.25) is 0 Å². The summed E-state index contributed by atoms with van der Waals surface area (Å²) in [6.07, 6.45) is 0. The summed E-state index contributed by atoms with van der Waals surface area (Å²) in [5.41, 5.74) is 2.34. The first-order valence-electron chi connectivity index (χ1n) is 4.97. The van der Waals surface area contributed by atoms with E-state index < -0.39 is 0 Å². The van der Waals surface area contributed by atoms with Crippen LogP contribution in [-0.4, -0.2) is 0 Å². The summed E-state index contributed by atoms with van der Waals surface area (Å²) in [4.78, 5) is 0. The van der Waals surface area contributed by atoms with E-state index in [0.29, 0.717) is 0 Å². The number of hydrogen-bond acceptors (Lipinski definition) is 1. The van der Waals surface area contributed by atoms with Crippen LogP contribution >= 0.6 is 11.3 Å². The van der Waals surface area contributed by atoms with Crippen molar-refractivity contribution in [3.63, 3.8) is 0 Å². The second kappa shape index (κ2) is 3.04. The van der Waals surface area contributed by atoms with Crippen LogP contribution in [-0.2, 0) is 0 Å². The molecule has 0 fully saturated rings. The molecule has 1 aromatic carbocycles. The fourth-order valence-electron chi connectivity index (χ4n) is 1.94. The maximum atomic E-state index is 5.81. The Kier molecular flexibility index (Phi) is 1.80. The molecule has 0 aliphatic heterocycles. The highest BCUT2D eigenvalue weighted by molar-refractivity contribution is 7.25. The van der Waals surface area contributed by atoms with Gasteiger partial charge in [0.25, 0.3) is 0 Å². The molecular weight excluding hydrogens is 204 g/mol. The van der Waals surface area contributed by atoms with Crippen molar-refractivity contribution in [3.8, 4) is 0 Å². The van der Waals surface area contributed by atoms with Gasteiger partial charge >= 0.3 is 11.3 Å². The molecule has 0 unspecified atom stereocenters. The summed E-state index contributed by atoms with van der Waals surface area (Å²) >= 11 is 1.80. The Hall–Kier alpha value is -1.41. The Labute approximate surface area is 92.0 Å². The molecule has 0 saturated heterocycles. The molecule has 3 rings (SSSR count). The average Bonchev–Trinajstić information content (AvgIpc) is 2.57. The van der Waals surface area contributed by atoms with Crippen LogP contribution in [0.15, 0.2) is 34.7 Å². The van der Waals surface area contributed by atoms with Crippen LogP contribution in [0.5, 0.6) is 0 Å².